The molecule has 0 amide bonds. The summed E-state index contributed by atoms with van der Waals surface area (Å²) in [6.07, 6.45) is 0. The molecule has 1 atom stereocenters. The molecule has 0 aliphatic carbocycles. The highest BCUT2D eigenvalue weighted by Crippen LogP contribution is 2.18. The second-order valence-corrected chi connectivity index (χ2v) is 8.60. The first-order valence-corrected chi connectivity index (χ1v) is 11.2. The number of hydrogen-bond acceptors (Lipinski definition) is 5. The number of piperazine rings is 1. The van der Waals surface area contributed by atoms with Crippen LogP contribution in [0.15, 0.2) is 64.2 Å². The Labute approximate surface area is 192 Å². The number of benzene rings is 2. The van der Waals surface area contributed by atoms with Gasteiger partial charge in [-0.3, -0.25) is 18.8 Å². The maximum Gasteiger partial charge on any atom is 0.331 e. The maximum absolute atomic E-state index is 13.5. The Bertz CT molecular complexity index is 1230. The Morgan fingerprint density at radius 2 is 1.70 bits per heavy atom. The lowest BCUT2D eigenvalue weighted by Gasteiger charge is -2.36. The van der Waals surface area contributed by atoms with E-state index in [1.807, 2.05) is 41.3 Å². The van der Waals surface area contributed by atoms with Gasteiger partial charge in [0.1, 0.15) is 11.5 Å². The van der Waals surface area contributed by atoms with Crippen LogP contribution >= 0.6 is 0 Å². The number of aromatic nitrogens is 2. The standard InChI is InChI=1S/C25H30FN5O2/c1-18-23(30-13-11-29(12-14-30)16-19-7-6-10-21(26)15-19)24(32)31(25(33)28(18)2)17-22(27)20-8-4-3-5-9-20/h3-10,15,22H,11-14,16-17,27H2,1-2H3/t22-/m0/s1. The molecule has 0 bridgehead atoms. The van der Waals surface area contributed by atoms with Crippen molar-refractivity contribution in [2.24, 2.45) is 12.8 Å². The van der Waals surface area contributed by atoms with Gasteiger partial charge in [0.05, 0.1) is 6.54 Å². The number of hydrogen-bond donors (Lipinski definition) is 1. The molecule has 1 fully saturated rings. The summed E-state index contributed by atoms with van der Waals surface area (Å²) in [4.78, 5) is 30.6. The lowest BCUT2D eigenvalue weighted by molar-refractivity contribution is 0.249. The lowest BCUT2D eigenvalue weighted by atomic mass is 10.1. The quantitative estimate of drug-likeness (QED) is 0.621. The summed E-state index contributed by atoms with van der Waals surface area (Å²) in [6, 6.07) is 15.6. The molecule has 174 valence electrons. The van der Waals surface area contributed by atoms with Crippen LogP contribution in [0.2, 0.25) is 0 Å². The number of nitrogens with zero attached hydrogens (tertiary/aromatic N) is 4. The zero-order valence-corrected chi connectivity index (χ0v) is 19.1. The van der Waals surface area contributed by atoms with Crippen molar-refractivity contribution in [1.29, 1.82) is 0 Å². The highest BCUT2D eigenvalue weighted by molar-refractivity contribution is 5.49. The summed E-state index contributed by atoms with van der Waals surface area (Å²) >= 11 is 0. The van der Waals surface area contributed by atoms with Crippen molar-refractivity contribution in [3.05, 3.63) is 98.1 Å². The molecule has 8 heteroatoms. The first kappa shape index (κ1) is 22.9. The van der Waals surface area contributed by atoms with Crippen molar-refractivity contribution in [1.82, 2.24) is 14.0 Å². The second-order valence-electron chi connectivity index (χ2n) is 8.60. The van der Waals surface area contributed by atoms with E-state index in [2.05, 4.69) is 4.90 Å². The van der Waals surface area contributed by atoms with E-state index in [1.165, 1.54) is 15.2 Å². The first-order chi connectivity index (χ1) is 15.8. The van der Waals surface area contributed by atoms with Crippen LogP contribution < -0.4 is 21.9 Å². The topological polar surface area (TPSA) is 76.5 Å². The van der Waals surface area contributed by atoms with Crippen LogP contribution in [0.5, 0.6) is 0 Å². The van der Waals surface area contributed by atoms with Crippen LogP contribution in [-0.4, -0.2) is 40.2 Å². The van der Waals surface area contributed by atoms with Gasteiger partial charge in [-0.2, -0.15) is 0 Å². The number of halogens is 1. The highest BCUT2D eigenvalue weighted by atomic mass is 19.1. The van der Waals surface area contributed by atoms with Crippen LogP contribution in [0.3, 0.4) is 0 Å². The van der Waals surface area contributed by atoms with Crippen molar-refractivity contribution in [3.8, 4) is 0 Å². The SMILES string of the molecule is Cc1c(N2CCN(Cc3cccc(F)c3)CC2)c(=O)n(C[C@H](N)c2ccccc2)c(=O)n1C. The van der Waals surface area contributed by atoms with Gasteiger partial charge in [-0.25, -0.2) is 9.18 Å². The van der Waals surface area contributed by atoms with E-state index >= 15 is 0 Å². The minimum Gasteiger partial charge on any atom is -0.363 e. The summed E-state index contributed by atoms with van der Waals surface area (Å²) in [5, 5.41) is 0. The largest absolute Gasteiger partial charge is 0.363 e. The average Bonchev–Trinajstić information content (AvgIpc) is 2.82. The van der Waals surface area contributed by atoms with Crippen LogP contribution in [-0.2, 0) is 20.1 Å². The fourth-order valence-electron chi connectivity index (χ4n) is 4.40. The second kappa shape index (κ2) is 9.72. The predicted molar refractivity (Wildman–Crippen MR) is 128 cm³/mol. The Balaban J connectivity index is 1.54. The van der Waals surface area contributed by atoms with E-state index in [0.29, 0.717) is 31.0 Å². The molecule has 2 heterocycles. The molecule has 1 aliphatic heterocycles. The van der Waals surface area contributed by atoms with Gasteiger partial charge < -0.3 is 10.6 Å². The molecule has 1 aliphatic rings. The maximum atomic E-state index is 13.5. The average molecular weight is 452 g/mol. The summed E-state index contributed by atoms with van der Waals surface area (Å²) in [5.41, 5.74) is 8.65. The molecule has 2 N–H and O–H groups in total. The molecule has 7 nitrogen and oxygen atoms in total. The smallest absolute Gasteiger partial charge is 0.331 e. The minimum absolute atomic E-state index is 0.113. The van der Waals surface area contributed by atoms with Gasteiger partial charge >= 0.3 is 5.69 Å². The molecule has 0 unspecified atom stereocenters. The fourth-order valence-corrected chi connectivity index (χ4v) is 4.40. The Hall–Kier alpha value is -3.23. The van der Waals surface area contributed by atoms with Gasteiger partial charge in [0, 0.05) is 51.5 Å². The van der Waals surface area contributed by atoms with Gasteiger partial charge in [0.25, 0.3) is 5.56 Å². The van der Waals surface area contributed by atoms with Gasteiger partial charge in [-0.05, 0) is 30.2 Å². The van der Waals surface area contributed by atoms with Crippen LogP contribution in [0.25, 0.3) is 0 Å². The zero-order chi connectivity index (χ0) is 23.5. The van der Waals surface area contributed by atoms with Crippen LogP contribution in [0.1, 0.15) is 22.9 Å². The summed E-state index contributed by atoms with van der Waals surface area (Å²) < 4.78 is 16.3. The van der Waals surface area contributed by atoms with Crippen molar-refractivity contribution in [3.63, 3.8) is 0 Å². The summed E-state index contributed by atoms with van der Waals surface area (Å²) in [5.74, 6) is -0.235. The number of nitrogens with two attached hydrogens (primary N) is 1. The van der Waals surface area contributed by atoms with E-state index in [1.54, 1.807) is 26.1 Å². The molecule has 0 saturated carbocycles. The molecule has 0 radical (unpaired) electrons. The Morgan fingerprint density at radius 3 is 2.36 bits per heavy atom. The normalized spacial score (nSPS) is 15.6. The molecule has 0 spiro atoms. The van der Waals surface area contributed by atoms with Crippen LogP contribution in [0, 0.1) is 12.7 Å². The molecule has 1 saturated heterocycles. The molecule has 1 aromatic heterocycles. The molecule has 4 rings (SSSR count). The van der Waals surface area contributed by atoms with E-state index in [0.717, 1.165) is 24.2 Å². The highest BCUT2D eigenvalue weighted by Gasteiger charge is 2.25. The third-order valence-corrected chi connectivity index (χ3v) is 6.40. The van der Waals surface area contributed by atoms with Crippen molar-refractivity contribution in [2.45, 2.75) is 26.1 Å². The third-order valence-electron chi connectivity index (χ3n) is 6.40. The summed E-state index contributed by atoms with van der Waals surface area (Å²) in [7, 11) is 1.69. The zero-order valence-electron chi connectivity index (χ0n) is 19.1. The molecule has 3 aromatic rings. The van der Waals surface area contributed by atoms with Gasteiger partial charge in [0.15, 0.2) is 0 Å². The van der Waals surface area contributed by atoms with Crippen molar-refractivity contribution < 1.29 is 4.39 Å². The van der Waals surface area contributed by atoms with Gasteiger partial charge in [-0.15, -0.1) is 0 Å². The first-order valence-electron chi connectivity index (χ1n) is 11.2. The molecular formula is C25H30FN5O2. The fraction of sp³-hybridized carbons (Fsp3) is 0.360. The van der Waals surface area contributed by atoms with Crippen molar-refractivity contribution in [2.75, 3.05) is 31.1 Å². The van der Waals surface area contributed by atoms with E-state index in [9.17, 15) is 14.0 Å². The predicted octanol–water partition coefficient (Wildman–Crippen LogP) is 2.02. The molecular weight excluding hydrogens is 421 g/mol. The molecule has 2 aromatic carbocycles. The van der Waals surface area contributed by atoms with Crippen molar-refractivity contribution >= 4 is 5.69 Å². The van der Waals surface area contributed by atoms with E-state index < -0.39 is 6.04 Å². The summed E-state index contributed by atoms with van der Waals surface area (Å²) in [6.45, 7) is 5.35. The van der Waals surface area contributed by atoms with Gasteiger partial charge in [0.2, 0.25) is 0 Å². The van der Waals surface area contributed by atoms with E-state index in [-0.39, 0.29) is 23.6 Å². The van der Waals surface area contributed by atoms with E-state index in [4.69, 9.17) is 5.73 Å². The monoisotopic (exact) mass is 451 g/mol. The Morgan fingerprint density at radius 1 is 1.00 bits per heavy atom. The molecule has 33 heavy (non-hydrogen) atoms. The third kappa shape index (κ3) is 4.91. The lowest BCUT2D eigenvalue weighted by Crippen LogP contribution is -2.51. The Kier molecular flexibility index (Phi) is 6.76. The number of anilines is 1. The number of rotatable bonds is 6. The minimum atomic E-state index is -0.463. The van der Waals surface area contributed by atoms with Crippen LogP contribution in [0.4, 0.5) is 10.1 Å². The van der Waals surface area contributed by atoms with Gasteiger partial charge in [-0.1, -0.05) is 42.5 Å².